The molecule has 0 atom stereocenters. The minimum absolute atomic E-state index is 0.297. The van der Waals surface area contributed by atoms with Crippen molar-refractivity contribution in [1.82, 2.24) is 10.3 Å². The van der Waals surface area contributed by atoms with Gasteiger partial charge in [-0.3, -0.25) is 0 Å². The highest BCUT2D eigenvalue weighted by Gasteiger charge is 2.12. The van der Waals surface area contributed by atoms with Crippen LogP contribution in [0.5, 0.6) is 0 Å². The van der Waals surface area contributed by atoms with Gasteiger partial charge in [-0.2, -0.15) is 0 Å². The van der Waals surface area contributed by atoms with E-state index in [1.807, 2.05) is 12.1 Å². The number of nitrogens with zero attached hydrogens (tertiary/aromatic N) is 2. The molecule has 0 saturated heterocycles. The lowest BCUT2D eigenvalue weighted by Gasteiger charge is -2.21. The van der Waals surface area contributed by atoms with Crippen molar-refractivity contribution in [2.75, 3.05) is 25.0 Å². The van der Waals surface area contributed by atoms with Crippen LogP contribution in [0.1, 0.15) is 19.4 Å². The summed E-state index contributed by atoms with van der Waals surface area (Å²) in [4.78, 5) is 5.68. The molecule has 0 spiro atoms. The summed E-state index contributed by atoms with van der Waals surface area (Å²) < 4.78 is 24.8. The quantitative estimate of drug-likeness (QED) is 0.813. The lowest BCUT2D eigenvalue weighted by atomic mass is 10.2. The van der Waals surface area contributed by atoms with Gasteiger partial charge in [0.2, 0.25) is 0 Å². The molecular formula is C13H21F2N3. The summed E-state index contributed by atoms with van der Waals surface area (Å²) in [7, 11) is 1.64. The van der Waals surface area contributed by atoms with E-state index < -0.39 is 6.43 Å². The maximum Gasteiger partial charge on any atom is 0.255 e. The van der Waals surface area contributed by atoms with Crippen LogP contribution in [0, 0.1) is 5.92 Å². The van der Waals surface area contributed by atoms with E-state index in [0.29, 0.717) is 18.3 Å². The Kier molecular flexibility index (Phi) is 5.98. The van der Waals surface area contributed by atoms with Crippen LogP contribution in [0.25, 0.3) is 0 Å². The summed E-state index contributed by atoms with van der Waals surface area (Å²) >= 11 is 0. The van der Waals surface area contributed by atoms with Crippen molar-refractivity contribution in [3.05, 3.63) is 23.9 Å². The van der Waals surface area contributed by atoms with Gasteiger partial charge < -0.3 is 10.2 Å². The highest BCUT2D eigenvalue weighted by Crippen LogP contribution is 2.16. The second-order valence-corrected chi connectivity index (χ2v) is 4.78. The fourth-order valence-corrected chi connectivity index (χ4v) is 1.70. The van der Waals surface area contributed by atoms with E-state index in [9.17, 15) is 8.78 Å². The third kappa shape index (κ3) is 4.96. The summed E-state index contributed by atoms with van der Waals surface area (Å²) in [6, 6.07) is 3.74. The molecule has 0 unspecified atom stereocenters. The monoisotopic (exact) mass is 257 g/mol. The van der Waals surface area contributed by atoms with Crippen LogP contribution in [-0.2, 0) is 6.54 Å². The maximum atomic E-state index is 12.4. The summed E-state index contributed by atoms with van der Waals surface area (Å²) in [5.41, 5.74) is 0.946. The molecule has 1 N–H and O–H groups in total. The van der Waals surface area contributed by atoms with Gasteiger partial charge in [-0.15, -0.1) is 0 Å². The van der Waals surface area contributed by atoms with Gasteiger partial charge in [-0.1, -0.05) is 19.9 Å². The first-order valence-electron chi connectivity index (χ1n) is 6.14. The molecule has 3 nitrogen and oxygen atoms in total. The molecule has 0 aliphatic heterocycles. The zero-order chi connectivity index (χ0) is 13.5. The summed E-state index contributed by atoms with van der Waals surface area (Å²) in [5, 5.41) is 3.30. The SMILES string of the molecule is CC(C)CNCc1cccnc1N(C)CC(F)F. The zero-order valence-electron chi connectivity index (χ0n) is 11.2. The van der Waals surface area contributed by atoms with Crippen molar-refractivity contribution in [3.8, 4) is 0 Å². The Hall–Kier alpha value is -1.23. The summed E-state index contributed by atoms with van der Waals surface area (Å²) in [6.07, 6.45) is -0.725. The van der Waals surface area contributed by atoms with Crippen LogP contribution >= 0.6 is 0 Å². The van der Waals surface area contributed by atoms with Crippen LogP contribution in [0.4, 0.5) is 14.6 Å². The standard InChI is InChI=1S/C13H21F2N3/c1-10(2)7-16-8-11-5-4-6-17-13(11)18(3)9-12(14)15/h4-6,10,12,16H,7-9H2,1-3H3. The molecule has 0 aliphatic carbocycles. The number of alkyl halides is 2. The first-order chi connectivity index (χ1) is 8.50. The number of nitrogens with one attached hydrogen (secondary N) is 1. The molecule has 102 valence electrons. The number of halogens is 2. The van der Waals surface area contributed by atoms with E-state index in [1.165, 1.54) is 4.90 Å². The molecule has 0 fully saturated rings. The van der Waals surface area contributed by atoms with Crippen molar-refractivity contribution < 1.29 is 8.78 Å². The van der Waals surface area contributed by atoms with Gasteiger partial charge in [0.15, 0.2) is 0 Å². The number of rotatable bonds is 7. The van der Waals surface area contributed by atoms with E-state index in [4.69, 9.17) is 0 Å². The van der Waals surface area contributed by atoms with Gasteiger partial charge in [-0.05, 0) is 18.5 Å². The number of hydrogen-bond acceptors (Lipinski definition) is 3. The highest BCUT2D eigenvalue weighted by atomic mass is 19.3. The smallest absolute Gasteiger partial charge is 0.255 e. The Labute approximate surface area is 107 Å². The summed E-state index contributed by atoms with van der Waals surface area (Å²) in [6.45, 7) is 5.50. The largest absolute Gasteiger partial charge is 0.354 e. The first-order valence-corrected chi connectivity index (χ1v) is 6.14. The average molecular weight is 257 g/mol. The molecule has 0 amide bonds. The number of pyridine rings is 1. The summed E-state index contributed by atoms with van der Waals surface area (Å²) in [5.74, 6) is 1.18. The Morgan fingerprint density at radius 1 is 1.39 bits per heavy atom. The van der Waals surface area contributed by atoms with Crippen molar-refractivity contribution in [1.29, 1.82) is 0 Å². The van der Waals surface area contributed by atoms with Crippen molar-refractivity contribution in [2.45, 2.75) is 26.8 Å². The molecule has 0 radical (unpaired) electrons. The van der Waals surface area contributed by atoms with Gasteiger partial charge >= 0.3 is 0 Å². The molecule has 1 aromatic rings. The van der Waals surface area contributed by atoms with E-state index >= 15 is 0 Å². The lowest BCUT2D eigenvalue weighted by molar-refractivity contribution is 0.156. The fourth-order valence-electron chi connectivity index (χ4n) is 1.70. The predicted molar refractivity (Wildman–Crippen MR) is 70.1 cm³/mol. The molecular weight excluding hydrogens is 236 g/mol. The third-order valence-electron chi connectivity index (χ3n) is 2.51. The Morgan fingerprint density at radius 2 is 2.11 bits per heavy atom. The van der Waals surface area contributed by atoms with Crippen LogP contribution in [0.2, 0.25) is 0 Å². The molecule has 0 saturated carbocycles. The molecule has 5 heteroatoms. The van der Waals surface area contributed by atoms with Crippen molar-refractivity contribution >= 4 is 5.82 Å². The molecule has 1 aromatic heterocycles. The maximum absolute atomic E-state index is 12.4. The van der Waals surface area contributed by atoms with Crippen LogP contribution in [0.15, 0.2) is 18.3 Å². The van der Waals surface area contributed by atoms with E-state index in [2.05, 4.69) is 24.1 Å². The molecule has 18 heavy (non-hydrogen) atoms. The molecule has 0 bridgehead atoms. The van der Waals surface area contributed by atoms with Gasteiger partial charge in [0.05, 0.1) is 6.54 Å². The third-order valence-corrected chi connectivity index (χ3v) is 2.51. The van der Waals surface area contributed by atoms with Crippen LogP contribution in [-0.4, -0.2) is 31.5 Å². The topological polar surface area (TPSA) is 28.2 Å². The molecule has 0 aromatic carbocycles. The lowest BCUT2D eigenvalue weighted by Crippen LogP contribution is -2.27. The number of anilines is 1. The Balaban J connectivity index is 2.66. The van der Waals surface area contributed by atoms with Crippen molar-refractivity contribution in [3.63, 3.8) is 0 Å². The Bertz CT molecular complexity index is 356. The van der Waals surface area contributed by atoms with Gasteiger partial charge in [0.25, 0.3) is 6.43 Å². The molecule has 1 heterocycles. The minimum atomic E-state index is -2.35. The second-order valence-electron chi connectivity index (χ2n) is 4.78. The number of hydrogen-bond donors (Lipinski definition) is 1. The normalized spacial score (nSPS) is 11.3. The fraction of sp³-hybridized carbons (Fsp3) is 0.615. The zero-order valence-corrected chi connectivity index (χ0v) is 11.2. The van der Waals surface area contributed by atoms with Crippen LogP contribution < -0.4 is 10.2 Å². The van der Waals surface area contributed by atoms with Gasteiger partial charge in [0.1, 0.15) is 5.82 Å². The van der Waals surface area contributed by atoms with Gasteiger partial charge in [0, 0.05) is 25.4 Å². The highest BCUT2D eigenvalue weighted by molar-refractivity contribution is 5.45. The van der Waals surface area contributed by atoms with Gasteiger partial charge in [-0.25, -0.2) is 13.8 Å². The number of aromatic nitrogens is 1. The predicted octanol–water partition coefficient (Wildman–Crippen LogP) is 2.53. The molecule has 0 aliphatic rings. The first kappa shape index (κ1) is 14.8. The average Bonchev–Trinajstić information content (AvgIpc) is 2.28. The second kappa shape index (κ2) is 7.26. The van der Waals surface area contributed by atoms with Crippen molar-refractivity contribution in [2.24, 2.45) is 5.92 Å². The van der Waals surface area contributed by atoms with E-state index in [-0.39, 0.29) is 6.54 Å². The molecule has 1 rings (SSSR count). The Morgan fingerprint density at radius 3 is 2.72 bits per heavy atom. The van der Waals surface area contributed by atoms with Crippen LogP contribution in [0.3, 0.4) is 0 Å². The van der Waals surface area contributed by atoms with E-state index in [1.54, 1.807) is 13.2 Å². The minimum Gasteiger partial charge on any atom is -0.354 e. The van der Waals surface area contributed by atoms with E-state index in [0.717, 1.165) is 12.1 Å².